The summed E-state index contributed by atoms with van der Waals surface area (Å²) in [6, 6.07) is 6.02. The van der Waals surface area contributed by atoms with Crippen molar-refractivity contribution >= 4 is 17.2 Å². The normalized spacial score (nSPS) is 22.6. The molecular formula is C11H14N2S. The Morgan fingerprint density at radius 2 is 2.29 bits per heavy atom. The summed E-state index contributed by atoms with van der Waals surface area (Å²) in [4.78, 5) is 5.33. The number of thiocarbonyl (C=S) groups is 1. The van der Waals surface area contributed by atoms with E-state index in [1.807, 2.05) is 18.3 Å². The summed E-state index contributed by atoms with van der Waals surface area (Å²) in [7, 11) is 0. The molecule has 0 radical (unpaired) electrons. The average molecular weight is 206 g/mol. The highest BCUT2D eigenvalue weighted by Crippen LogP contribution is 2.23. The molecular weight excluding hydrogens is 192 g/mol. The van der Waals surface area contributed by atoms with Crippen LogP contribution in [0.15, 0.2) is 24.4 Å². The van der Waals surface area contributed by atoms with Crippen LogP contribution in [0.25, 0.3) is 0 Å². The second-order valence-electron chi connectivity index (χ2n) is 3.59. The van der Waals surface area contributed by atoms with Crippen molar-refractivity contribution < 1.29 is 0 Å². The minimum Gasteiger partial charge on any atom is -0.379 e. The van der Waals surface area contributed by atoms with Gasteiger partial charge in [0.1, 0.15) is 0 Å². The number of nitrogens with zero attached hydrogens (tertiary/aromatic N) is 1. The fourth-order valence-electron chi connectivity index (χ4n) is 1.80. The Kier molecular flexibility index (Phi) is 3.09. The maximum atomic E-state index is 5.34. The first kappa shape index (κ1) is 9.59. The molecule has 1 N–H and O–H groups in total. The summed E-state index contributed by atoms with van der Waals surface area (Å²) in [5.41, 5.74) is 1.10. The Labute approximate surface area is 89.7 Å². The van der Waals surface area contributed by atoms with Gasteiger partial charge in [-0.25, -0.2) is 0 Å². The molecule has 1 aliphatic rings. The van der Waals surface area contributed by atoms with Gasteiger partial charge >= 0.3 is 0 Å². The lowest BCUT2D eigenvalue weighted by Gasteiger charge is -2.14. The fraction of sp³-hybridized carbons (Fsp3) is 0.455. The molecule has 0 aromatic carbocycles. The molecule has 1 unspecified atom stereocenters. The topological polar surface area (TPSA) is 24.9 Å². The highest BCUT2D eigenvalue weighted by atomic mass is 32.1. The molecule has 1 saturated heterocycles. The van der Waals surface area contributed by atoms with E-state index in [-0.39, 0.29) is 0 Å². The summed E-state index contributed by atoms with van der Waals surface area (Å²) in [5, 5.41) is 3.28. The molecule has 74 valence electrons. The summed E-state index contributed by atoms with van der Waals surface area (Å²) in [6.45, 7) is 1.02. The Hall–Kier alpha value is -0.960. The highest BCUT2D eigenvalue weighted by Gasteiger charge is 2.19. The minimum absolute atomic E-state index is 0.327. The zero-order valence-corrected chi connectivity index (χ0v) is 8.89. The lowest BCUT2D eigenvalue weighted by Crippen LogP contribution is -2.26. The van der Waals surface area contributed by atoms with E-state index in [0.29, 0.717) is 5.92 Å². The third-order valence-electron chi connectivity index (χ3n) is 2.58. The van der Waals surface area contributed by atoms with Crippen molar-refractivity contribution in [2.24, 2.45) is 0 Å². The number of aromatic nitrogens is 1. The molecule has 2 rings (SSSR count). The van der Waals surface area contributed by atoms with E-state index >= 15 is 0 Å². The van der Waals surface area contributed by atoms with E-state index in [0.717, 1.165) is 23.6 Å². The second-order valence-corrected chi connectivity index (χ2v) is 4.03. The van der Waals surface area contributed by atoms with Crippen molar-refractivity contribution in [3.05, 3.63) is 30.1 Å². The summed E-state index contributed by atoms with van der Waals surface area (Å²) >= 11 is 5.34. The monoisotopic (exact) mass is 206 g/mol. The van der Waals surface area contributed by atoms with Crippen LogP contribution in [0.1, 0.15) is 30.9 Å². The van der Waals surface area contributed by atoms with Gasteiger partial charge in [-0.2, -0.15) is 0 Å². The molecule has 3 heteroatoms. The van der Waals surface area contributed by atoms with Crippen LogP contribution in [0.3, 0.4) is 0 Å². The van der Waals surface area contributed by atoms with Crippen LogP contribution in [-0.2, 0) is 0 Å². The largest absolute Gasteiger partial charge is 0.379 e. The van der Waals surface area contributed by atoms with Crippen LogP contribution >= 0.6 is 12.2 Å². The molecule has 0 aliphatic carbocycles. The van der Waals surface area contributed by atoms with Gasteiger partial charge in [0.05, 0.1) is 16.6 Å². The molecule has 2 heterocycles. The molecule has 1 fully saturated rings. The maximum absolute atomic E-state index is 5.34. The zero-order chi connectivity index (χ0) is 9.80. The molecule has 14 heavy (non-hydrogen) atoms. The molecule has 1 aliphatic heterocycles. The van der Waals surface area contributed by atoms with Gasteiger partial charge in [-0.05, 0) is 25.0 Å². The average Bonchev–Trinajstić information content (AvgIpc) is 2.44. The van der Waals surface area contributed by atoms with Gasteiger partial charge in [-0.1, -0.05) is 24.7 Å². The van der Waals surface area contributed by atoms with Crippen molar-refractivity contribution in [3.63, 3.8) is 0 Å². The number of rotatable bonds is 1. The van der Waals surface area contributed by atoms with E-state index in [4.69, 9.17) is 12.2 Å². The quantitative estimate of drug-likeness (QED) is 0.713. The predicted molar refractivity (Wildman–Crippen MR) is 61.4 cm³/mol. The predicted octanol–water partition coefficient (Wildman–Crippen LogP) is 2.27. The van der Waals surface area contributed by atoms with Gasteiger partial charge < -0.3 is 5.32 Å². The highest BCUT2D eigenvalue weighted by molar-refractivity contribution is 7.80. The third-order valence-corrected chi connectivity index (χ3v) is 3.01. The number of hydrogen-bond acceptors (Lipinski definition) is 2. The molecule has 0 bridgehead atoms. The van der Waals surface area contributed by atoms with Gasteiger partial charge in [-0.3, -0.25) is 4.98 Å². The Morgan fingerprint density at radius 1 is 1.36 bits per heavy atom. The lowest BCUT2D eigenvalue weighted by molar-refractivity contribution is 0.680. The summed E-state index contributed by atoms with van der Waals surface area (Å²) in [5.74, 6) is 0.327. The summed E-state index contributed by atoms with van der Waals surface area (Å²) < 4.78 is 0. The van der Waals surface area contributed by atoms with Gasteiger partial charge in [0.15, 0.2) is 0 Å². The first-order valence-corrected chi connectivity index (χ1v) is 5.47. The first-order valence-electron chi connectivity index (χ1n) is 5.06. The molecule has 1 atom stereocenters. The molecule has 0 amide bonds. The van der Waals surface area contributed by atoms with Gasteiger partial charge in [-0.15, -0.1) is 0 Å². The van der Waals surface area contributed by atoms with Crippen LogP contribution < -0.4 is 5.32 Å². The first-order chi connectivity index (χ1) is 6.88. The van der Waals surface area contributed by atoms with Crippen molar-refractivity contribution in [2.45, 2.75) is 25.2 Å². The van der Waals surface area contributed by atoms with Gasteiger partial charge in [0.2, 0.25) is 0 Å². The Morgan fingerprint density at radius 3 is 3.07 bits per heavy atom. The molecule has 0 saturated carbocycles. The fourth-order valence-corrected chi connectivity index (χ4v) is 2.14. The zero-order valence-electron chi connectivity index (χ0n) is 8.07. The van der Waals surface area contributed by atoms with Crippen molar-refractivity contribution in [3.8, 4) is 0 Å². The van der Waals surface area contributed by atoms with Crippen LogP contribution in [0.4, 0.5) is 0 Å². The van der Waals surface area contributed by atoms with Crippen LogP contribution in [-0.4, -0.2) is 16.5 Å². The van der Waals surface area contributed by atoms with E-state index in [1.165, 1.54) is 12.8 Å². The second kappa shape index (κ2) is 4.51. The minimum atomic E-state index is 0.327. The van der Waals surface area contributed by atoms with E-state index in [9.17, 15) is 0 Å². The van der Waals surface area contributed by atoms with Crippen LogP contribution in [0, 0.1) is 0 Å². The standard InChI is InChI=1S/C11H14N2S/c14-11-9(5-1-3-8-13-11)10-6-2-4-7-12-10/h2,4,6-7,9H,1,3,5,8H2,(H,13,14). The lowest BCUT2D eigenvalue weighted by atomic mass is 9.99. The molecule has 1 aromatic heterocycles. The molecule has 0 spiro atoms. The van der Waals surface area contributed by atoms with Crippen LogP contribution in [0.2, 0.25) is 0 Å². The van der Waals surface area contributed by atoms with Gasteiger partial charge in [0, 0.05) is 12.7 Å². The maximum Gasteiger partial charge on any atom is 0.0845 e. The number of hydrogen-bond donors (Lipinski definition) is 1. The van der Waals surface area contributed by atoms with Crippen molar-refractivity contribution in [1.29, 1.82) is 0 Å². The van der Waals surface area contributed by atoms with Gasteiger partial charge in [0.25, 0.3) is 0 Å². The Bertz CT molecular complexity index is 310. The van der Waals surface area contributed by atoms with Crippen molar-refractivity contribution in [1.82, 2.24) is 10.3 Å². The van der Waals surface area contributed by atoms with E-state index < -0.39 is 0 Å². The third kappa shape index (κ3) is 2.10. The number of pyridine rings is 1. The van der Waals surface area contributed by atoms with Crippen molar-refractivity contribution in [2.75, 3.05) is 6.54 Å². The van der Waals surface area contributed by atoms with E-state index in [1.54, 1.807) is 0 Å². The Balaban J connectivity index is 2.19. The number of nitrogens with one attached hydrogen (secondary N) is 1. The molecule has 2 nitrogen and oxygen atoms in total. The molecule has 1 aromatic rings. The summed E-state index contributed by atoms with van der Waals surface area (Å²) in [6.07, 6.45) is 5.41. The van der Waals surface area contributed by atoms with E-state index in [2.05, 4.69) is 16.4 Å². The van der Waals surface area contributed by atoms with Crippen LogP contribution in [0.5, 0.6) is 0 Å². The smallest absolute Gasteiger partial charge is 0.0845 e. The SMILES string of the molecule is S=C1NCCCCC1c1ccccn1.